The molecule has 1 fully saturated rings. The second-order valence-corrected chi connectivity index (χ2v) is 5.76. The van der Waals surface area contributed by atoms with Gasteiger partial charge in [0.05, 0.1) is 6.10 Å². The van der Waals surface area contributed by atoms with Gasteiger partial charge in [-0.05, 0) is 31.7 Å². The topological polar surface area (TPSA) is 21.3 Å². The van der Waals surface area contributed by atoms with Crippen LogP contribution in [0.25, 0.3) is 0 Å². The van der Waals surface area contributed by atoms with Gasteiger partial charge in [0.25, 0.3) is 0 Å². The molecule has 2 atom stereocenters. The summed E-state index contributed by atoms with van der Waals surface area (Å²) in [5.41, 5.74) is 0.392. The van der Waals surface area contributed by atoms with E-state index in [9.17, 15) is 0 Å². The molecule has 1 aliphatic rings. The molecule has 0 aromatic rings. The minimum Gasteiger partial charge on any atom is -0.377 e. The Morgan fingerprint density at radius 2 is 2.00 bits per heavy atom. The number of likely N-dealkylation sites (N-methyl/N-ethyl adjacent to an activating group) is 1. The van der Waals surface area contributed by atoms with Crippen molar-refractivity contribution in [1.29, 1.82) is 0 Å². The summed E-state index contributed by atoms with van der Waals surface area (Å²) in [6.45, 7) is 7.87. The first-order chi connectivity index (χ1) is 7.61. The van der Waals surface area contributed by atoms with Crippen molar-refractivity contribution in [2.75, 3.05) is 13.7 Å². The highest BCUT2D eigenvalue weighted by molar-refractivity contribution is 4.96. The molecule has 1 aliphatic carbocycles. The molecule has 1 N–H and O–H groups in total. The maximum absolute atomic E-state index is 6.03. The highest BCUT2D eigenvalue weighted by Gasteiger charge is 2.41. The van der Waals surface area contributed by atoms with Gasteiger partial charge in [0.1, 0.15) is 0 Å². The van der Waals surface area contributed by atoms with E-state index in [4.69, 9.17) is 4.74 Å². The Labute approximate surface area is 101 Å². The van der Waals surface area contributed by atoms with Crippen molar-refractivity contribution in [1.82, 2.24) is 5.32 Å². The fourth-order valence-electron chi connectivity index (χ4n) is 2.86. The van der Waals surface area contributed by atoms with Crippen molar-refractivity contribution in [3.05, 3.63) is 0 Å². The highest BCUT2D eigenvalue weighted by Crippen LogP contribution is 2.38. The minimum atomic E-state index is 0.392. The molecule has 0 aromatic heterocycles. The van der Waals surface area contributed by atoms with Gasteiger partial charge >= 0.3 is 0 Å². The summed E-state index contributed by atoms with van der Waals surface area (Å²) in [7, 11) is 2.06. The van der Waals surface area contributed by atoms with E-state index in [0.717, 1.165) is 6.61 Å². The van der Waals surface area contributed by atoms with Gasteiger partial charge in [0.15, 0.2) is 0 Å². The van der Waals surface area contributed by atoms with E-state index in [1.54, 1.807) is 0 Å². The van der Waals surface area contributed by atoms with E-state index < -0.39 is 0 Å². The zero-order chi connectivity index (χ0) is 12.0. The molecule has 1 rings (SSSR count). The van der Waals surface area contributed by atoms with Crippen molar-refractivity contribution in [2.24, 2.45) is 5.41 Å². The van der Waals surface area contributed by atoms with Crippen LogP contribution in [0.5, 0.6) is 0 Å². The van der Waals surface area contributed by atoms with Crippen LogP contribution in [0.3, 0.4) is 0 Å². The summed E-state index contributed by atoms with van der Waals surface area (Å²) in [6.07, 6.45) is 8.11. The highest BCUT2D eigenvalue weighted by atomic mass is 16.5. The molecule has 1 saturated carbocycles. The van der Waals surface area contributed by atoms with Gasteiger partial charge < -0.3 is 10.1 Å². The standard InChI is InChI=1S/C14H29NO/c1-5-6-7-8-11-16-12-9-10-14(2,3)13(12)15-4/h12-13,15H,5-11H2,1-4H3. The Kier molecular flexibility index (Phi) is 5.77. The molecular weight excluding hydrogens is 198 g/mol. The molecule has 2 nitrogen and oxygen atoms in total. The number of nitrogens with one attached hydrogen (secondary N) is 1. The Bertz CT molecular complexity index is 191. The number of hydrogen-bond donors (Lipinski definition) is 1. The van der Waals surface area contributed by atoms with Crippen molar-refractivity contribution in [3.63, 3.8) is 0 Å². The van der Waals surface area contributed by atoms with Gasteiger partial charge in [-0.3, -0.25) is 0 Å². The molecule has 2 unspecified atom stereocenters. The van der Waals surface area contributed by atoms with Crippen LogP contribution in [0.1, 0.15) is 59.3 Å². The predicted octanol–water partition coefficient (Wildman–Crippen LogP) is 3.36. The van der Waals surface area contributed by atoms with E-state index in [0.29, 0.717) is 17.6 Å². The maximum Gasteiger partial charge on any atom is 0.0733 e. The van der Waals surface area contributed by atoms with Crippen LogP contribution < -0.4 is 5.32 Å². The quantitative estimate of drug-likeness (QED) is 0.673. The molecular formula is C14H29NO. The Hall–Kier alpha value is -0.0800. The van der Waals surface area contributed by atoms with E-state index in [1.807, 2.05) is 0 Å². The van der Waals surface area contributed by atoms with E-state index in [2.05, 4.69) is 33.1 Å². The third-order valence-corrected chi connectivity index (χ3v) is 3.93. The van der Waals surface area contributed by atoms with Gasteiger partial charge in [-0.15, -0.1) is 0 Å². The summed E-state index contributed by atoms with van der Waals surface area (Å²) in [6, 6.07) is 0.527. The molecule has 0 amide bonds. The lowest BCUT2D eigenvalue weighted by Crippen LogP contribution is -2.43. The van der Waals surface area contributed by atoms with Crippen LogP contribution in [0.4, 0.5) is 0 Å². The third kappa shape index (κ3) is 3.74. The molecule has 0 heterocycles. The number of unbranched alkanes of at least 4 members (excludes halogenated alkanes) is 3. The molecule has 0 spiro atoms. The summed E-state index contributed by atoms with van der Waals surface area (Å²) in [5.74, 6) is 0. The van der Waals surface area contributed by atoms with Crippen LogP contribution in [0, 0.1) is 5.41 Å². The Balaban J connectivity index is 2.22. The average Bonchev–Trinajstić information content (AvgIpc) is 2.53. The monoisotopic (exact) mass is 227 g/mol. The number of rotatable bonds is 7. The molecule has 96 valence electrons. The summed E-state index contributed by atoms with van der Waals surface area (Å²) in [5, 5.41) is 3.43. The Morgan fingerprint density at radius 3 is 2.62 bits per heavy atom. The number of ether oxygens (including phenoxy) is 1. The molecule has 0 saturated heterocycles. The van der Waals surface area contributed by atoms with Gasteiger partial charge in [-0.2, -0.15) is 0 Å². The summed E-state index contributed by atoms with van der Waals surface area (Å²) >= 11 is 0. The second-order valence-electron chi connectivity index (χ2n) is 5.76. The largest absolute Gasteiger partial charge is 0.377 e. The van der Waals surface area contributed by atoms with Crippen molar-refractivity contribution in [2.45, 2.75) is 71.4 Å². The maximum atomic E-state index is 6.03. The van der Waals surface area contributed by atoms with E-state index in [-0.39, 0.29) is 0 Å². The first-order valence-corrected chi connectivity index (χ1v) is 6.90. The molecule has 0 aromatic carbocycles. The van der Waals surface area contributed by atoms with Crippen LogP contribution in [0.2, 0.25) is 0 Å². The molecule has 2 heteroatoms. The normalized spacial score (nSPS) is 28.5. The second kappa shape index (κ2) is 6.61. The zero-order valence-corrected chi connectivity index (χ0v) is 11.5. The molecule has 16 heavy (non-hydrogen) atoms. The minimum absolute atomic E-state index is 0.392. The van der Waals surface area contributed by atoms with Crippen molar-refractivity contribution < 1.29 is 4.74 Å². The smallest absolute Gasteiger partial charge is 0.0733 e. The number of hydrogen-bond acceptors (Lipinski definition) is 2. The van der Waals surface area contributed by atoms with Gasteiger partial charge in [-0.1, -0.05) is 40.0 Å². The molecule has 0 aliphatic heterocycles. The summed E-state index contributed by atoms with van der Waals surface area (Å²) < 4.78 is 6.03. The van der Waals surface area contributed by atoms with E-state index in [1.165, 1.54) is 38.5 Å². The van der Waals surface area contributed by atoms with Crippen LogP contribution >= 0.6 is 0 Å². The van der Waals surface area contributed by atoms with Crippen LogP contribution in [-0.4, -0.2) is 25.8 Å². The fourth-order valence-corrected chi connectivity index (χ4v) is 2.86. The van der Waals surface area contributed by atoms with Gasteiger partial charge in [0, 0.05) is 12.6 Å². The third-order valence-electron chi connectivity index (χ3n) is 3.93. The van der Waals surface area contributed by atoms with Gasteiger partial charge in [-0.25, -0.2) is 0 Å². The predicted molar refractivity (Wildman–Crippen MR) is 69.7 cm³/mol. The van der Waals surface area contributed by atoms with Gasteiger partial charge in [0.2, 0.25) is 0 Å². The van der Waals surface area contributed by atoms with Crippen LogP contribution in [0.15, 0.2) is 0 Å². The zero-order valence-electron chi connectivity index (χ0n) is 11.5. The lowest BCUT2D eigenvalue weighted by Gasteiger charge is -2.30. The first kappa shape index (κ1) is 14.0. The lowest BCUT2D eigenvalue weighted by molar-refractivity contribution is 0.0268. The van der Waals surface area contributed by atoms with Crippen molar-refractivity contribution >= 4 is 0 Å². The molecule has 0 radical (unpaired) electrons. The van der Waals surface area contributed by atoms with Crippen LogP contribution in [-0.2, 0) is 4.74 Å². The molecule has 0 bridgehead atoms. The first-order valence-electron chi connectivity index (χ1n) is 6.90. The van der Waals surface area contributed by atoms with E-state index >= 15 is 0 Å². The lowest BCUT2D eigenvalue weighted by atomic mass is 9.87. The fraction of sp³-hybridized carbons (Fsp3) is 1.00. The van der Waals surface area contributed by atoms with Crippen molar-refractivity contribution in [3.8, 4) is 0 Å². The summed E-state index contributed by atoms with van der Waals surface area (Å²) in [4.78, 5) is 0. The average molecular weight is 227 g/mol. The Morgan fingerprint density at radius 1 is 1.25 bits per heavy atom. The SMILES string of the molecule is CCCCCCOC1CCC(C)(C)C1NC.